The van der Waals surface area contributed by atoms with Crippen molar-refractivity contribution in [2.45, 2.75) is 32.3 Å². The smallest absolute Gasteiger partial charge is 0.466 e. The van der Waals surface area contributed by atoms with Crippen molar-refractivity contribution in [2.24, 2.45) is 0 Å². The first-order valence-electron chi connectivity index (χ1n) is 7.06. The summed E-state index contributed by atoms with van der Waals surface area (Å²) < 4.78 is 5.89. The third-order valence-corrected chi connectivity index (χ3v) is 3.85. The largest absolute Gasteiger partial charge is 2.00 e. The van der Waals surface area contributed by atoms with E-state index in [4.69, 9.17) is 4.74 Å². The van der Waals surface area contributed by atoms with Crippen molar-refractivity contribution in [2.75, 3.05) is 6.61 Å². The standard InChI is InChI=1S/C12H16IO3.C5H5.Fe/c1-2-16-12(15)8-4-7-11(14)9-5-3-6-10(9)13;1-2-4-5-3-1;/h3,5-6,11,14H,2,4,7-8H2,1H3;1-5H;/q;;+2/t11-;;/m0../s1. The SMILES string of the molecule is CCOC(=O)CCC[C@H](O)[C]1[CH][CH][CH][C]1I.[CH]1[CH][CH][CH][CH]1.[Fe+2]. The van der Waals surface area contributed by atoms with Gasteiger partial charge in [0, 0.05) is 12.3 Å². The Balaban J connectivity index is 0.000000622. The molecule has 0 aliphatic heterocycles. The number of aliphatic hydroxyl groups excluding tert-OH is 1. The number of aliphatic hydroxyl groups is 1. The molecule has 2 aliphatic rings. The summed E-state index contributed by atoms with van der Waals surface area (Å²) in [5.74, 6) is 0.761. The summed E-state index contributed by atoms with van der Waals surface area (Å²) in [6, 6.07) is 0. The van der Waals surface area contributed by atoms with E-state index in [2.05, 4.69) is 22.6 Å². The Hall–Kier alpha value is 0.679. The van der Waals surface area contributed by atoms with Gasteiger partial charge in [0.25, 0.3) is 0 Å². The fraction of sp³-hybridized carbons (Fsp3) is 0.353. The molecule has 0 aromatic heterocycles. The zero-order chi connectivity index (χ0) is 15.5. The summed E-state index contributed by atoms with van der Waals surface area (Å²) in [6.45, 7) is 2.21. The van der Waals surface area contributed by atoms with Crippen LogP contribution in [-0.2, 0) is 26.6 Å². The predicted octanol–water partition coefficient (Wildman–Crippen LogP) is 3.27. The number of halogens is 1. The van der Waals surface area contributed by atoms with E-state index >= 15 is 0 Å². The maximum Gasteiger partial charge on any atom is 2.00 e. The average molecular weight is 456 g/mol. The van der Waals surface area contributed by atoms with Crippen LogP contribution in [0, 0.1) is 61.2 Å². The van der Waals surface area contributed by atoms with Crippen molar-refractivity contribution in [3.05, 3.63) is 61.2 Å². The number of ether oxygens (including phenoxy) is 1. The van der Waals surface area contributed by atoms with Crippen LogP contribution in [0.25, 0.3) is 0 Å². The molecule has 0 heterocycles. The van der Waals surface area contributed by atoms with Crippen molar-refractivity contribution >= 4 is 28.6 Å². The van der Waals surface area contributed by atoms with Crippen LogP contribution >= 0.6 is 22.6 Å². The van der Waals surface area contributed by atoms with Crippen LogP contribution in [0.4, 0.5) is 0 Å². The molecule has 0 spiro atoms. The van der Waals surface area contributed by atoms with Gasteiger partial charge in [0.15, 0.2) is 0 Å². The molecule has 2 aliphatic carbocycles. The Morgan fingerprint density at radius 3 is 2.23 bits per heavy atom. The van der Waals surface area contributed by atoms with Crippen molar-refractivity contribution in [3.63, 3.8) is 0 Å². The second kappa shape index (κ2) is 14.1. The first-order chi connectivity index (χ1) is 10.1. The average Bonchev–Trinajstić information content (AvgIpc) is 3.12. The van der Waals surface area contributed by atoms with Gasteiger partial charge in [0.1, 0.15) is 0 Å². The van der Waals surface area contributed by atoms with E-state index in [0.717, 1.165) is 9.84 Å². The van der Waals surface area contributed by atoms with Crippen molar-refractivity contribution in [3.8, 4) is 0 Å². The molecule has 0 bridgehead atoms. The van der Waals surface area contributed by atoms with Gasteiger partial charge in [0.05, 0.1) is 16.6 Å². The van der Waals surface area contributed by atoms with E-state index in [1.165, 1.54) is 0 Å². The summed E-state index contributed by atoms with van der Waals surface area (Å²) in [6.07, 6.45) is 17.0. The topological polar surface area (TPSA) is 46.5 Å². The van der Waals surface area contributed by atoms with E-state index in [1.54, 1.807) is 6.92 Å². The number of carbonyl (C=O) groups is 1. The van der Waals surface area contributed by atoms with Crippen LogP contribution in [0.1, 0.15) is 26.2 Å². The van der Waals surface area contributed by atoms with Crippen LogP contribution < -0.4 is 0 Å². The Bertz CT molecular complexity index is 277. The molecule has 1 atom stereocenters. The van der Waals surface area contributed by atoms with Crippen molar-refractivity contribution < 1.29 is 31.7 Å². The Morgan fingerprint density at radius 2 is 1.77 bits per heavy atom. The molecular weight excluding hydrogens is 435 g/mol. The molecule has 2 saturated carbocycles. The number of esters is 1. The molecule has 0 aromatic rings. The number of hydrogen-bond donors (Lipinski definition) is 1. The minimum absolute atomic E-state index is 0. The van der Waals surface area contributed by atoms with Gasteiger partial charge < -0.3 is 9.84 Å². The van der Waals surface area contributed by atoms with E-state index in [0.29, 0.717) is 25.9 Å². The minimum Gasteiger partial charge on any atom is -0.466 e. The van der Waals surface area contributed by atoms with Gasteiger partial charge in [-0.25, -0.2) is 0 Å². The van der Waals surface area contributed by atoms with E-state index in [-0.39, 0.29) is 23.0 Å². The predicted molar refractivity (Wildman–Crippen MR) is 91.4 cm³/mol. The first kappa shape index (κ1) is 22.7. The van der Waals surface area contributed by atoms with Crippen LogP contribution in [0.5, 0.6) is 0 Å². The maximum absolute atomic E-state index is 11.1. The van der Waals surface area contributed by atoms with Crippen LogP contribution in [0.15, 0.2) is 0 Å². The summed E-state index contributed by atoms with van der Waals surface area (Å²) in [5, 5.41) is 9.88. The van der Waals surface area contributed by atoms with Gasteiger partial charge in [-0.15, -0.1) is 0 Å². The molecule has 0 amide bonds. The number of rotatable bonds is 6. The molecule has 0 saturated heterocycles. The quantitative estimate of drug-likeness (QED) is 0.380. The van der Waals surface area contributed by atoms with Gasteiger partial charge in [-0.05, 0) is 71.1 Å². The third kappa shape index (κ3) is 9.74. The molecule has 3 nitrogen and oxygen atoms in total. The molecule has 22 heavy (non-hydrogen) atoms. The minimum atomic E-state index is -0.476. The van der Waals surface area contributed by atoms with E-state index < -0.39 is 6.10 Å². The van der Waals surface area contributed by atoms with Crippen LogP contribution in [-0.4, -0.2) is 23.8 Å². The summed E-state index contributed by atoms with van der Waals surface area (Å²) >= 11 is 2.20. The summed E-state index contributed by atoms with van der Waals surface area (Å²) in [5.41, 5.74) is 0. The molecule has 0 unspecified atom stereocenters. The zero-order valence-electron chi connectivity index (χ0n) is 12.5. The molecular formula is C17H21FeIO3+2. The molecule has 2 rings (SSSR count). The van der Waals surface area contributed by atoms with Gasteiger partial charge in [-0.1, -0.05) is 22.6 Å². The fourth-order valence-electron chi connectivity index (χ4n) is 1.83. The summed E-state index contributed by atoms with van der Waals surface area (Å²) in [4.78, 5) is 11.1. The summed E-state index contributed by atoms with van der Waals surface area (Å²) in [7, 11) is 0. The molecule has 5 heteroatoms. The second-order valence-corrected chi connectivity index (χ2v) is 5.67. The normalized spacial score (nSPS) is 20.0. The fourth-order valence-corrected chi connectivity index (χ4v) is 2.58. The van der Waals surface area contributed by atoms with Gasteiger partial charge >= 0.3 is 23.0 Å². The van der Waals surface area contributed by atoms with Crippen LogP contribution in [0.2, 0.25) is 0 Å². The van der Waals surface area contributed by atoms with E-state index in [1.807, 2.05) is 51.4 Å². The van der Waals surface area contributed by atoms with Gasteiger partial charge in [-0.3, -0.25) is 4.79 Å². The van der Waals surface area contributed by atoms with E-state index in [9.17, 15) is 9.90 Å². The van der Waals surface area contributed by atoms with Crippen molar-refractivity contribution in [1.29, 1.82) is 0 Å². The number of hydrogen-bond acceptors (Lipinski definition) is 3. The monoisotopic (exact) mass is 456 g/mol. The molecule has 1 N–H and O–H groups in total. The molecule has 10 radical (unpaired) electrons. The van der Waals surface area contributed by atoms with Crippen molar-refractivity contribution in [1.82, 2.24) is 0 Å². The first-order valence-corrected chi connectivity index (χ1v) is 8.14. The third-order valence-electron chi connectivity index (χ3n) is 2.87. The number of carbonyl (C=O) groups excluding carboxylic acids is 1. The Labute approximate surface area is 159 Å². The zero-order valence-corrected chi connectivity index (χ0v) is 15.8. The van der Waals surface area contributed by atoms with Gasteiger partial charge in [0.2, 0.25) is 0 Å². The second-order valence-electron chi connectivity index (χ2n) is 4.50. The maximum atomic E-state index is 11.1. The Kier molecular flexibility index (Phi) is 14.5. The molecule has 120 valence electrons. The van der Waals surface area contributed by atoms with Crippen LogP contribution in [0.3, 0.4) is 0 Å². The molecule has 0 aromatic carbocycles. The molecule has 2 fully saturated rings. The van der Waals surface area contributed by atoms with Gasteiger partial charge in [-0.2, -0.15) is 0 Å². The Morgan fingerprint density at radius 1 is 1.18 bits per heavy atom.